The number of hydrogen-bond acceptors (Lipinski definition) is 3. The number of hydrogen-bond donors (Lipinski definition) is 2. The Kier molecular flexibility index (Phi) is 9.10. The van der Waals surface area contributed by atoms with Crippen LogP contribution in [0.4, 0.5) is 0 Å². The second-order valence-electron chi connectivity index (χ2n) is 4.11. The van der Waals surface area contributed by atoms with Gasteiger partial charge >= 0.3 is 0 Å². The third-order valence-corrected chi connectivity index (χ3v) is 3.39. The van der Waals surface area contributed by atoms with Gasteiger partial charge in [-0.3, -0.25) is 0 Å². The number of nitrogens with one attached hydrogen (secondary N) is 2. The number of aliphatic imine (C=N–C) groups is 1. The number of guanidine groups is 1. The molecule has 108 valence electrons. The van der Waals surface area contributed by atoms with Crippen LogP contribution in [0.3, 0.4) is 0 Å². The third-order valence-electron chi connectivity index (χ3n) is 2.53. The molecule has 0 aromatic carbocycles. The zero-order valence-corrected chi connectivity index (χ0v) is 12.8. The van der Waals surface area contributed by atoms with Crippen LogP contribution < -0.4 is 10.6 Å². The monoisotopic (exact) mass is 283 g/mol. The lowest BCUT2D eigenvalue weighted by molar-refractivity contribution is 0.143. The molecule has 0 aliphatic carbocycles. The Morgan fingerprint density at radius 1 is 1.32 bits per heavy atom. The lowest BCUT2D eigenvalue weighted by atomic mass is 10.3. The van der Waals surface area contributed by atoms with E-state index in [1.807, 2.05) is 6.92 Å². The van der Waals surface area contributed by atoms with Crippen molar-refractivity contribution >= 4 is 17.3 Å². The highest BCUT2D eigenvalue weighted by Gasteiger charge is 1.97. The molecule has 0 saturated carbocycles. The van der Waals surface area contributed by atoms with E-state index in [9.17, 15) is 0 Å². The second-order valence-corrected chi connectivity index (χ2v) is 5.14. The zero-order chi connectivity index (χ0) is 13.8. The number of ether oxygens (including phenoxy) is 1. The van der Waals surface area contributed by atoms with Crippen LogP contribution in [-0.2, 0) is 11.3 Å². The molecule has 0 saturated heterocycles. The number of thiophene rings is 1. The lowest BCUT2D eigenvalue weighted by Gasteiger charge is -2.10. The van der Waals surface area contributed by atoms with Gasteiger partial charge in [-0.1, -0.05) is 6.07 Å². The quantitative estimate of drug-likeness (QED) is 0.416. The molecule has 0 radical (unpaired) electrons. The summed E-state index contributed by atoms with van der Waals surface area (Å²) in [6, 6.07) is 4.17. The van der Waals surface area contributed by atoms with Gasteiger partial charge in [0, 0.05) is 31.2 Å². The maximum atomic E-state index is 5.31. The van der Waals surface area contributed by atoms with Gasteiger partial charge in [-0.2, -0.15) is 0 Å². The Labute approximate surface area is 120 Å². The first-order valence-corrected chi connectivity index (χ1v) is 7.87. The van der Waals surface area contributed by atoms with Crippen LogP contribution in [0.1, 0.15) is 31.6 Å². The molecule has 1 aromatic rings. The lowest BCUT2D eigenvalue weighted by Crippen LogP contribution is -2.37. The van der Waals surface area contributed by atoms with E-state index >= 15 is 0 Å². The molecule has 0 atom stereocenters. The van der Waals surface area contributed by atoms with E-state index in [0.29, 0.717) is 0 Å². The van der Waals surface area contributed by atoms with Crippen LogP contribution >= 0.6 is 11.3 Å². The van der Waals surface area contributed by atoms with Crippen LogP contribution in [0.15, 0.2) is 22.5 Å². The highest BCUT2D eigenvalue weighted by molar-refractivity contribution is 7.09. The molecule has 1 aromatic heterocycles. The Bertz CT molecular complexity index is 338. The van der Waals surface area contributed by atoms with Crippen molar-refractivity contribution in [2.45, 2.75) is 33.2 Å². The van der Waals surface area contributed by atoms with Gasteiger partial charge in [-0.05, 0) is 38.1 Å². The van der Waals surface area contributed by atoms with Gasteiger partial charge in [0.15, 0.2) is 5.96 Å². The van der Waals surface area contributed by atoms with Gasteiger partial charge in [0.2, 0.25) is 0 Å². The first-order chi connectivity index (χ1) is 9.36. The summed E-state index contributed by atoms with van der Waals surface area (Å²) in [5.41, 5.74) is 0. The normalized spacial score (nSPS) is 11.6. The first kappa shape index (κ1) is 16.0. The highest BCUT2D eigenvalue weighted by Crippen LogP contribution is 2.09. The Morgan fingerprint density at radius 2 is 2.21 bits per heavy atom. The summed E-state index contributed by atoms with van der Waals surface area (Å²) in [5.74, 6) is 0.896. The molecule has 0 bridgehead atoms. The molecule has 0 spiro atoms. The molecule has 5 heteroatoms. The SMILES string of the molecule is CCNC(=NCc1cccs1)NCCCCOCC. The topological polar surface area (TPSA) is 45.7 Å². The molecule has 19 heavy (non-hydrogen) atoms. The van der Waals surface area contributed by atoms with Gasteiger partial charge < -0.3 is 15.4 Å². The third kappa shape index (κ3) is 7.85. The van der Waals surface area contributed by atoms with Crippen molar-refractivity contribution in [1.82, 2.24) is 10.6 Å². The van der Waals surface area contributed by atoms with Crippen LogP contribution in [-0.4, -0.2) is 32.3 Å². The fourth-order valence-electron chi connectivity index (χ4n) is 1.58. The molecule has 2 N–H and O–H groups in total. The van der Waals surface area contributed by atoms with Crippen LogP contribution in [0, 0.1) is 0 Å². The maximum absolute atomic E-state index is 5.31. The molecular weight excluding hydrogens is 258 g/mol. The Morgan fingerprint density at radius 3 is 2.89 bits per heavy atom. The number of rotatable bonds is 9. The summed E-state index contributed by atoms with van der Waals surface area (Å²) in [4.78, 5) is 5.85. The van der Waals surface area contributed by atoms with Crippen molar-refractivity contribution in [3.8, 4) is 0 Å². The van der Waals surface area contributed by atoms with E-state index in [1.165, 1.54) is 4.88 Å². The van der Waals surface area contributed by atoms with E-state index in [4.69, 9.17) is 4.74 Å². The summed E-state index contributed by atoms with van der Waals surface area (Å²) in [5, 5.41) is 8.69. The molecule has 1 heterocycles. The van der Waals surface area contributed by atoms with Gasteiger partial charge in [-0.15, -0.1) is 11.3 Å². The number of nitrogens with zero attached hydrogens (tertiary/aromatic N) is 1. The van der Waals surface area contributed by atoms with Crippen LogP contribution in [0.2, 0.25) is 0 Å². The summed E-state index contributed by atoms with van der Waals surface area (Å²) < 4.78 is 5.31. The molecular formula is C14H25N3OS. The molecule has 1 rings (SSSR count). The van der Waals surface area contributed by atoms with E-state index in [2.05, 4.69) is 40.1 Å². The second kappa shape index (κ2) is 10.8. The summed E-state index contributed by atoms with van der Waals surface area (Å²) in [6.07, 6.45) is 2.19. The van der Waals surface area contributed by atoms with Crippen LogP contribution in [0.5, 0.6) is 0 Å². The molecule has 0 fully saturated rings. The molecule has 4 nitrogen and oxygen atoms in total. The molecule has 0 aliphatic heterocycles. The Balaban J connectivity index is 2.21. The Hall–Kier alpha value is -1.07. The summed E-state index contributed by atoms with van der Waals surface area (Å²) >= 11 is 1.74. The highest BCUT2D eigenvalue weighted by atomic mass is 32.1. The smallest absolute Gasteiger partial charge is 0.191 e. The fraction of sp³-hybridized carbons (Fsp3) is 0.643. The molecule has 0 unspecified atom stereocenters. The van der Waals surface area contributed by atoms with E-state index in [-0.39, 0.29) is 0 Å². The van der Waals surface area contributed by atoms with E-state index in [1.54, 1.807) is 11.3 Å². The minimum absolute atomic E-state index is 0.742. The summed E-state index contributed by atoms with van der Waals surface area (Å²) in [7, 11) is 0. The summed E-state index contributed by atoms with van der Waals surface area (Å²) in [6.45, 7) is 8.32. The van der Waals surface area contributed by atoms with Crippen molar-refractivity contribution in [2.75, 3.05) is 26.3 Å². The largest absolute Gasteiger partial charge is 0.382 e. The average Bonchev–Trinajstić information content (AvgIpc) is 2.93. The number of unbranched alkanes of at least 4 members (excludes halogenated alkanes) is 1. The maximum Gasteiger partial charge on any atom is 0.191 e. The van der Waals surface area contributed by atoms with E-state index < -0.39 is 0 Å². The average molecular weight is 283 g/mol. The first-order valence-electron chi connectivity index (χ1n) is 6.99. The van der Waals surface area contributed by atoms with E-state index in [0.717, 1.165) is 51.6 Å². The predicted molar refractivity (Wildman–Crippen MR) is 82.9 cm³/mol. The van der Waals surface area contributed by atoms with Crippen molar-refractivity contribution in [3.05, 3.63) is 22.4 Å². The van der Waals surface area contributed by atoms with Crippen molar-refractivity contribution < 1.29 is 4.74 Å². The molecule has 0 amide bonds. The zero-order valence-electron chi connectivity index (χ0n) is 11.9. The standard InChI is InChI=1S/C14H25N3OS/c1-3-15-14(16-9-5-6-10-18-4-2)17-12-13-8-7-11-19-13/h7-8,11H,3-6,9-10,12H2,1-2H3,(H2,15,16,17). The van der Waals surface area contributed by atoms with Gasteiger partial charge in [0.25, 0.3) is 0 Å². The predicted octanol–water partition coefficient (Wildman–Crippen LogP) is 2.62. The van der Waals surface area contributed by atoms with Crippen molar-refractivity contribution in [3.63, 3.8) is 0 Å². The minimum Gasteiger partial charge on any atom is -0.382 e. The van der Waals surface area contributed by atoms with Crippen molar-refractivity contribution in [1.29, 1.82) is 0 Å². The van der Waals surface area contributed by atoms with Gasteiger partial charge in [0.05, 0.1) is 6.54 Å². The van der Waals surface area contributed by atoms with Gasteiger partial charge in [-0.25, -0.2) is 4.99 Å². The molecule has 0 aliphatic rings. The minimum atomic E-state index is 0.742. The fourth-order valence-corrected chi connectivity index (χ4v) is 2.21. The van der Waals surface area contributed by atoms with Crippen molar-refractivity contribution in [2.24, 2.45) is 4.99 Å². The van der Waals surface area contributed by atoms with Crippen LogP contribution in [0.25, 0.3) is 0 Å². The van der Waals surface area contributed by atoms with Gasteiger partial charge in [0.1, 0.15) is 0 Å².